The van der Waals surface area contributed by atoms with E-state index in [1.165, 1.54) is 6.20 Å². The van der Waals surface area contributed by atoms with Crippen molar-refractivity contribution in [2.75, 3.05) is 25.9 Å². The molecule has 0 radical (unpaired) electrons. The number of hydrogen-bond acceptors (Lipinski definition) is 7. The fourth-order valence-electron chi connectivity index (χ4n) is 6.16. The topological polar surface area (TPSA) is 96.5 Å². The molecule has 0 spiro atoms. The predicted octanol–water partition coefficient (Wildman–Crippen LogP) is 4.34. The van der Waals surface area contributed by atoms with Gasteiger partial charge in [0.1, 0.15) is 0 Å². The molecule has 3 aliphatic rings. The van der Waals surface area contributed by atoms with E-state index in [2.05, 4.69) is 26.9 Å². The number of likely N-dealkylation sites (tertiary alicyclic amines) is 1. The van der Waals surface area contributed by atoms with Crippen LogP contribution in [0, 0.1) is 22.7 Å². The first-order chi connectivity index (χ1) is 16.4. The van der Waals surface area contributed by atoms with Crippen molar-refractivity contribution in [3.63, 3.8) is 0 Å². The van der Waals surface area contributed by atoms with Gasteiger partial charge in [0.25, 0.3) is 0 Å². The molecule has 4 atom stereocenters. The molecule has 2 aliphatic carbocycles. The highest BCUT2D eigenvalue weighted by Gasteiger charge is 2.67. The molecular formula is C25H36F3N5O2. The van der Waals surface area contributed by atoms with Crippen LogP contribution in [-0.2, 0) is 4.74 Å². The minimum absolute atomic E-state index is 0.0689. The number of allylic oxidation sites excluding steroid dienone is 2. The van der Waals surface area contributed by atoms with E-state index in [0.29, 0.717) is 24.0 Å². The van der Waals surface area contributed by atoms with Crippen LogP contribution < -0.4 is 15.8 Å². The molecule has 7 nitrogen and oxygen atoms in total. The number of piperidine rings is 1. The second kappa shape index (κ2) is 9.61. The molecular weight excluding hydrogens is 459 g/mol. The summed E-state index contributed by atoms with van der Waals surface area (Å²) >= 11 is 0. The number of halogens is 3. The molecule has 10 heteroatoms. The van der Waals surface area contributed by atoms with Crippen LogP contribution in [0.25, 0.3) is 0 Å². The molecule has 1 aromatic heterocycles. The molecule has 2 unspecified atom stereocenters. The Morgan fingerprint density at radius 1 is 1.34 bits per heavy atom. The molecule has 3 fully saturated rings. The Hall–Kier alpha value is -2.33. The average Bonchev–Trinajstić information content (AvgIpc) is 3.18. The average molecular weight is 496 g/mol. The van der Waals surface area contributed by atoms with E-state index >= 15 is 0 Å². The van der Waals surface area contributed by atoms with Crippen molar-refractivity contribution in [1.29, 1.82) is 5.41 Å². The summed E-state index contributed by atoms with van der Waals surface area (Å²) < 4.78 is 47.6. The van der Waals surface area contributed by atoms with Gasteiger partial charge in [0.2, 0.25) is 0 Å². The number of ether oxygens (including phenoxy) is 2. The van der Waals surface area contributed by atoms with E-state index in [9.17, 15) is 13.2 Å². The molecule has 0 bridgehead atoms. The lowest BCUT2D eigenvalue weighted by Crippen LogP contribution is -2.43. The van der Waals surface area contributed by atoms with E-state index in [0.717, 1.165) is 50.5 Å². The lowest BCUT2D eigenvalue weighted by Gasteiger charge is -2.37. The van der Waals surface area contributed by atoms with Crippen molar-refractivity contribution in [3.8, 4) is 5.75 Å². The number of nitrogens with one attached hydrogen (secondary N) is 2. The van der Waals surface area contributed by atoms with Gasteiger partial charge in [-0.05, 0) is 63.0 Å². The van der Waals surface area contributed by atoms with Crippen molar-refractivity contribution in [1.82, 2.24) is 15.2 Å². The van der Waals surface area contributed by atoms with Crippen LogP contribution in [0.15, 0.2) is 24.0 Å². The molecule has 2 saturated carbocycles. The lowest BCUT2D eigenvalue weighted by atomic mass is 9.94. The van der Waals surface area contributed by atoms with Crippen molar-refractivity contribution in [3.05, 3.63) is 29.6 Å². The Kier molecular flexibility index (Phi) is 7.07. The lowest BCUT2D eigenvalue weighted by molar-refractivity contribution is -0.274. The molecule has 0 aromatic carbocycles. The van der Waals surface area contributed by atoms with Crippen molar-refractivity contribution in [2.24, 2.45) is 17.3 Å². The maximum absolute atomic E-state index is 12.7. The van der Waals surface area contributed by atoms with E-state index in [-0.39, 0.29) is 28.5 Å². The van der Waals surface area contributed by atoms with Gasteiger partial charge in [0, 0.05) is 55.7 Å². The van der Waals surface area contributed by atoms with Gasteiger partial charge in [0.15, 0.2) is 11.6 Å². The van der Waals surface area contributed by atoms with Gasteiger partial charge in [0.05, 0.1) is 11.8 Å². The highest BCUT2D eigenvalue weighted by atomic mass is 19.4. The number of methoxy groups -OCH3 is 1. The summed E-state index contributed by atoms with van der Waals surface area (Å²) in [5.41, 5.74) is 6.95. The number of nitrogens with zero attached hydrogens (tertiary/aromatic N) is 2. The van der Waals surface area contributed by atoms with Crippen molar-refractivity contribution < 1.29 is 22.6 Å². The van der Waals surface area contributed by atoms with Crippen LogP contribution >= 0.6 is 0 Å². The van der Waals surface area contributed by atoms with E-state index in [4.69, 9.17) is 15.9 Å². The van der Waals surface area contributed by atoms with Gasteiger partial charge in [-0.3, -0.25) is 0 Å². The minimum Gasteiger partial charge on any atom is -0.402 e. The van der Waals surface area contributed by atoms with Crippen LogP contribution in [0.1, 0.15) is 52.0 Å². The first-order valence-corrected chi connectivity index (χ1v) is 12.3. The van der Waals surface area contributed by atoms with Crippen LogP contribution in [0.2, 0.25) is 0 Å². The van der Waals surface area contributed by atoms with E-state index in [1.54, 1.807) is 13.2 Å². The predicted molar refractivity (Wildman–Crippen MR) is 128 cm³/mol. The van der Waals surface area contributed by atoms with Gasteiger partial charge in [-0.1, -0.05) is 6.92 Å². The number of aromatic nitrogens is 1. The monoisotopic (exact) mass is 495 g/mol. The van der Waals surface area contributed by atoms with Gasteiger partial charge in [-0.15, -0.1) is 13.2 Å². The molecule has 1 aliphatic heterocycles. The SMILES string of the molecule is COC1CCN(C2C[C@H]3[C@H](/C(=C/C(=N)c4cnc(N)c(OC(F)(F)F)c4)NC(C)C)C3(C)C2)CC1. The van der Waals surface area contributed by atoms with Gasteiger partial charge < -0.3 is 30.8 Å². The molecule has 4 rings (SSSR count). The van der Waals surface area contributed by atoms with E-state index in [1.807, 2.05) is 13.8 Å². The van der Waals surface area contributed by atoms with Crippen LogP contribution in [-0.4, -0.2) is 60.3 Å². The first-order valence-electron chi connectivity index (χ1n) is 12.3. The Labute approximate surface area is 204 Å². The zero-order valence-electron chi connectivity index (χ0n) is 20.8. The quantitative estimate of drug-likeness (QED) is 0.465. The second-order valence-electron chi connectivity index (χ2n) is 10.6. The molecule has 1 saturated heterocycles. The summed E-state index contributed by atoms with van der Waals surface area (Å²) in [6, 6.07) is 1.86. The van der Waals surface area contributed by atoms with Crippen LogP contribution in [0.3, 0.4) is 0 Å². The molecule has 35 heavy (non-hydrogen) atoms. The Morgan fingerprint density at radius 2 is 2.03 bits per heavy atom. The minimum atomic E-state index is -4.88. The molecule has 2 heterocycles. The number of anilines is 1. The largest absolute Gasteiger partial charge is 0.573 e. The fourth-order valence-corrected chi connectivity index (χ4v) is 6.16. The van der Waals surface area contributed by atoms with Gasteiger partial charge in [-0.2, -0.15) is 0 Å². The Morgan fingerprint density at radius 3 is 2.57 bits per heavy atom. The second-order valence-corrected chi connectivity index (χ2v) is 10.6. The molecule has 4 N–H and O–H groups in total. The third-order valence-electron chi connectivity index (χ3n) is 7.89. The summed E-state index contributed by atoms with van der Waals surface area (Å²) in [6.45, 7) is 8.55. The number of nitrogens with two attached hydrogens (primary N) is 1. The highest BCUT2D eigenvalue weighted by Crippen LogP contribution is 2.71. The zero-order chi connectivity index (χ0) is 25.5. The van der Waals surface area contributed by atoms with Crippen molar-refractivity contribution in [2.45, 2.75) is 71.0 Å². The summed E-state index contributed by atoms with van der Waals surface area (Å²) in [7, 11) is 1.79. The standard InChI is InChI=1S/C25H36F3N5O2/c1-14(2)32-20(11-19(29)15-9-21(23(30)31-13-15)35-25(26,27)28)22-18-10-16(12-24(18,22)3)33-7-5-17(34-4)6-8-33/h9,11,13-14,16-18,22,29,32H,5-8,10,12H2,1-4H3,(H2,30,31)/b20-11-,29-19?/t16?,18-,22+,24?/m0/s1. The van der Waals surface area contributed by atoms with Crippen LogP contribution in [0.5, 0.6) is 5.75 Å². The smallest absolute Gasteiger partial charge is 0.402 e. The van der Waals surface area contributed by atoms with Gasteiger partial charge in [-0.25, -0.2) is 4.98 Å². The molecule has 1 aromatic rings. The summed E-state index contributed by atoms with van der Waals surface area (Å²) in [5.74, 6) is -0.146. The number of hydrogen-bond donors (Lipinski definition) is 3. The van der Waals surface area contributed by atoms with E-state index < -0.39 is 12.1 Å². The summed E-state index contributed by atoms with van der Waals surface area (Å²) in [6.07, 6.45) is 2.90. The first kappa shape index (κ1) is 25.8. The maximum atomic E-state index is 12.7. The number of nitrogen functional groups attached to an aromatic ring is 1. The third kappa shape index (κ3) is 5.58. The number of rotatable bonds is 8. The number of alkyl halides is 3. The summed E-state index contributed by atoms with van der Waals surface area (Å²) in [4.78, 5) is 6.41. The van der Waals surface area contributed by atoms with Crippen LogP contribution in [0.4, 0.5) is 19.0 Å². The number of pyridine rings is 1. The summed E-state index contributed by atoms with van der Waals surface area (Å²) in [5, 5.41) is 12.1. The highest BCUT2D eigenvalue weighted by molar-refractivity contribution is 6.07. The Bertz CT molecular complexity index is 974. The Balaban J connectivity index is 1.48. The number of fused-ring (bicyclic) bond motifs is 1. The normalized spacial score (nSPS) is 29.8. The fraction of sp³-hybridized carbons (Fsp3) is 0.680. The van der Waals surface area contributed by atoms with Gasteiger partial charge >= 0.3 is 6.36 Å². The zero-order valence-corrected chi connectivity index (χ0v) is 20.8. The van der Waals surface area contributed by atoms with Crippen molar-refractivity contribution >= 4 is 11.5 Å². The third-order valence-corrected chi connectivity index (χ3v) is 7.89. The molecule has 194 valence electrons. The molecule has 0 amide bonds. The maximum Gasteiger partial charge on any atom is 0.573 e.